The third-order valence-corrected chi connectivity index (χ3v) is 4.58. The molecule has 3 aliphatic rings. The summed E-state index contributed by atoms with van der Waals surface area (Å²) < 4.78 is 4.91. The van der Waals surface area contributed by atoms with Crippen molar-refractivity contribution >= 4 is 5.91 Å². The number of ether oxygens (including phenoxy) is 1. The van der Waals surface area contributed by atoms with Crippen molar-refractivity contribution in [2.45, 2.75) is 32.6 Å². The number of fused-ring (bicyclic) bond motifs is 3. The van der Waals surface area contributed by atoms with Crippen molar-refractivity contribution in [3.8, 4) is 5.75 Å². The molecule has 0 spiro atoms. The van der Waals surface area contributed by atoms with E-state index in [1.54, 1.807) is 7.11 Å². The zero-order chi connectivity index (χ0) is 20.6. The van der Waals surface area contributed by atoms with Crippen molar-refractivity contribution in [3.05, 3.63) is 73.2 Å². The first-order valence-electron chi connectivity index (χ1n) is 9.87. The number of amides is 1. The molecule has 3 aliphatic heterocycles. The molecule has 29 heavy (non-hydrogen) atoms. The molecule has 0 unspecified atom stereocenters. The molecule has 3 saturated heterocycles. The summed E-state index contributed by atoms with van der Waals surface area (Å²) in [4.78, 5) is 11.8. The summed E-state index contributed by atoms with van der Waals surface area (Å²) in [5.41, 5.74) is 5.65. The normalized spacial score (nSPS) is 18.2. The van der Waals surface area contributed by atoms with Crippen molar-refractivity contribution in [3.63, 3.8) is 0 Å². The number of piperidine rings is 3. The first kappa shape index (κ1) is 28.2. The minimum atomic E-state index is -0.333. The molecule has 2 aromatic carbocycles. The van der Waals surface area contributed by atoms with Crippen LogP contribution in [0.5, 0.6) is 5.75 Å². The Morgan fingerprint density at radius 1 is 1.10 bits per heavy atom. The smallest absolute Gasteiger partial charge is 0.497 e. The molecule has 5 heteroatoms. The van der Waals surface area contributed by atoms with Gasteiger partial charge in [0, 0.05) is 6.92 Å². The second-order valence-corrected chi connectivity index (χ2v) is 6.84. The van der Waals surface area contributed by atoms with E-state index in [4.69, 9.17) is 4.74 Å². The minimum Gasteiger partial charge on any atom is -0.497 e. The van der Waals surface area contributed by atoms with Gasteiger partial charge in [-0.2, -0.15) is 42.3 Å². The summed E-state index contributed by atoms with van der Waals surface area (Å²) in [6.45, 7) is 9.21. The number of methoxy groups -OCH3 is 1. The Bertz CT molecular complexity index is 563. The van der Waals surface area contributed by atoms with Crippen molar-refractivity contribution in [1.29, 1.82) is 0 Å². The van der Waals surface area contributed by atoms with Gasteiger partial charge in [0.2, 0.25) is 5.91 Å². The van der Waals surface area contributed by atoms with E-state index in [0.717, 1.165) is 18.1 Å². The average molecular weight is 556 g/mol. The van der Waals surface area contributed by atoms with E-state index in [-0.39, 0.29) is 52.8 Å². The predicted molar refractivity (Wildman–Crippen MR) is 116 cm³/mol. The van der Waals surface area contributed by atoms with Crippen LogP contribution < -0.4 is 10.5 Å². The number of hydrogen-bond donors (Lipinski definition) is 1. The van der Waals surface area contributed by atoms with Gasteiger partial charge >= 0.3 is 46.9 Å². The monoisotopic (exact) mass is 556 g/mol. The summed E-state index contributed by atoms with van der Waals surface area (Å²) in [7, 11) is 1.66. The molecule has 0 saturated carbocycles. The van der Waals surface area contributed by atoms with Crippen LogP contribution in [0.3, 0.4) is 0 Å². The third kappa shape index (κ3) is 14.8. The van der Waals surface area contributed by atoms with Crippen LogP contribution in [0.15, 0.2) is 54.6 Å². The standard InChI is InChI=1S/C8H8.C7H13N.C7H8O.C2H5NO.Yb/c1-2-8-6-4-3-5-7-8;1-4-8-5-2-7(1)3-6-8;1-8-7-5-3-2-4-6-7;1-2(3)4;/h3-6H,1-2H2;7H,1-6H2;2-6H,1H3;1H3,(H2,3,4);/q-2;;;;+2. The van der Waals surface area contributed by atoms with Gasteiger partial charge in [-0.15, -0.1) is 0 Å². The summed E-state index contributed by atoms with van der Waals surface area (Å²) in [6.07, 6.45) is 5.29. The fourth-order valence-corrected chi connectivity index (χ4v) is 3.01. The van der Waals surface area contributed by atoms with Gasteiger partial charge in [-0.25, -0.2) is 0 Å². The van der Waals surface area contributed by atoms with Crippen LogP contribution >= 0.6 is 0 Å². The van der Waals surface area contributed by atoms with E-state index in [2.05, 4.69) is 23.6 Å². The predicted octanol–water partition coefficient (Wildman–Crippen LogP) is 4.15. The summed E-state index contributed by atoms with van der Waals surface area (Å²) in [5, 5.41) is 0. The number of primary amides is 1. The molecule has 0 aromatic heterocycles. The van der Waals surface area contributed by atoms with Gasteiger partial charge in [-0.1, -0.05) is 18.2 Å². The maximum Gasteiger partial charge on any atom is 2.00 e. The Morgan fingerprint density at radius 2 is 1.62 bits per heavy atom. The maximum absolute atomic E-state index is 9.22. The Hall–Kier alpha value is -0.811. The van der Waals surface area contributed by atoms with Crippen molar-refractivity contribution in [1.82, 2.24) is 4.90 Å². The van der Waals surface area contributed by atoms with E-state index >= 15 is 0 Å². The van der Waals surface area contributed by atoms with E-state index in [1.165, 1.54) is 51.4 Å². The molecule has 3 fully saturated rings. The first-order chi connectivity index (χ1) is 13.5. The molecule has 3 heterocycles. The van der Waals surface area contributed by atoms with Crippen molar-refractivity contribution in [2.24, 2.45) is 11.7 Å². The summed E-state index contributed by atoms with van der Waals surface area (Å²) in [5.74, 6) is 1.69. The Morgan fingerprint density at radius 3 is 1.86 bits per heavy atom. The Kier molecular flexibility index (Phi) is 17.5. The number of benzene rings is 2. The van der Waals surface area contributed by atoms with Gasteiger partial charge in [0.1, 0.15) is 5.75 Å². The number of hydrogen-bond acceptors (Lipinski definition) is 3. The fourth-order valence-electron chi connectivity index (χ4n) is 3.01. The number of rotatable bonds is 2. The number of nitrogens with zero attached hydrogens (tertiary/aromatic N) is 1. The first-order valence-corrected chi connectivity index (χ1v) is 9.87. The van der Waals surface area contributed by atoms with Crippen LogP contribution in [0.2, 0.25) is 0 Å². The molecule has 166 valence electrons. The number of carbonyl (C=O) groups excluding carboxylic acids is 1. The van der Waals surface area contributed by atoms with Gasteiger partial charge in [0.25, 0.3) is 0 Å². The second-order valence-electron chi connectivity index (χ2n) is 6.84. The SMILES string of the molecule is C1CN2CCC1CC2.CC(N)=O.COc1ccccc1.[CH2-]Cc1[c-]cccc1.[Yb+2]. The Labute approximate surface area is 215 Å². The van der Waals surface area contributed by atoms with Gasteiger partial charge in [-0.05, 0) is 56.9 Å². The molecule has 0 atom stereocenters. The number of nitrogens with two attached hydrogens (primary N) is 1. The van der Waals surface area contributed by atoms with Crippen LogP contribution in [0.25, 0.3) is 0 Å². The van der Waals surface area contributed by atoms with Crippen molar-refractivity contribution < 1.29 is 56.5 Å². The molecule has 4 nitrogen and oxygen atoms in total. The molecule has 2 N–H and O–H groups in total. The van der Waals surface area contributed by atoms with Crippen LogP contribution in [-0.4, -0.2) is 37.6 Å². The maximum atomic E-state index is 9.22. The molecule has 0 radical (unpaired) electrons. The summed E-state index contributed by atoms with van der Waals surface area (Å²) in [6, 6.07) is 20.6. The average Bonchev–Trinajstić information content (AvgIpc) is 2.77. The van der Waals surface area contributed by atoms with Gasteiger partial charge in [0.05, 0.1) is 7.11 Å². The fraction of sp³-hybridized carbons (Fsp3) is 0.417. The van der Waals surface area contributed by atoms with Crippen LogP contribution in [0.1, 0.15) is 31.7 Å². The van der Waals surface area contributed by atoms with Crippen LogP contribution in [-0.2, 0) is 11.2 Å². The zero-order valence-corrected chi connectivity index (χ0v) is 19.3. The van der Waals surface area contributed by atoms with Crippen molar-refractivity contribution in [2.75, 3.05) is 26.7 Å². The zero-order valence-electron chi connectivity index (χ0n) is 17.5. The third-order valence-electron chi connectivity index (χ3n) is 4.58. The largest absolute Gasteiger partial charge is 2.00 e. The number of carbonyl (C=O) groups is 1. The molecule has 1 amide bonds. The quantitative estimate of drug-likeness (QED) is 0.567. The topological polar surface area (TPSA) is 55.6 Å². The molecule has 5 rings (SSSR count). The minimum absolute atomic E-state index is 0. The molecule has 2 bridgehead atoms. The van der Waals surface area contributed by atoms with Crippen LogP contribution in [0, 0.1) is 65.8 Å². The molecule has 0 aliphatic carbocycles. The second kappa shape index (κ2) is 18.0. The summed E-state index contributed by atoms with van der Waals surface area (Å²) >= 11 is 0. The van der Waals surface area contributed by atoms with E-state index in [0.29, 0.717) is 0 Å². The van der Waals surface area contributed by atoms with Gasteiger partial charge in [0.15, 0.2) is 0 Å². The molecular formula is C24H34N2O2Yb. The van der Waals surface area contributed by atoms with Crippen LogP contribution in [0.4, 0.5) is 0 Å². The Balaban J connectivity index is 0.000000367. The number of para-hydroxylation sites is 1. The van der Waals surface area contributed by atoms with E-state index < -0.39 is 0 Å². The molecule has 2 aromatic rings. The van der Waals surface area contributed by atoms with E-state index in [1.807, 2.05) is 54.6 Å². The van der Waals surface area contributed by atoms with Gasteiger partial charge < -0.3 is 22.3 Å². The van der Waals surface area contributed by atoms with E-state index in [9.17, 15) is 4.79 Å². The molecular weight excluding hydrogens is 521 g/mol. The van der Waals surface area contributed by atoms with Gasteiger partial charge in [-0.3, -0.25) is 4.79 Å².